The van der Waals surface area contributed by atoms with Crippen LogP contribution in [-0.2, 0) is 29.0 Å². The molecule has 4 N–H and O–H groups in total. The number of alkyl carbamates (subject to hydrolysis) is 1. The lowest BCUT2D eigenvalue weighted by Gasteiger charge is -2.33. The Labute approximate surface area is 361 Å². The Bertz CT molecular complexity index is 2260. The second-order valence-corrected chi connectivity index (χ2v) is 19.7. The largest absolute Gasteiger partial charge is 0.465 e. The molecule has 1 spiro atoms. The summed E-state index contributed by atoms with van der Waals surface area (Å²) in [5, 5.41) is 14.9. The van der Waals surface area contributed by atoms with Crippen molar-refractivity contribution in [3.8, 4) is 22.4 Å². The molecule has 3 saturated heterocycles. The fraction of sp³-hybridized carbons (Fsp3) is 0.523. The van der Waals surface area contributed by atoms with Gasteiger partial charge in [0.15, 0.2) is 5.78 Å². The normalized spacial score (nSPS) is 20.2. The molecule has 17 nitrogen and oxygen atoms in total. The molecule has 2 aromatic carbocycles. The maximum Gasteiger partial charge on any atom is 0.407 e. The van der Waals surface area contributed by atoms with Gasteiger partial charge in [0.2, 0.25) is 17.7 Å². The number of carbonyl (C=O) groups is 6. The number of imidazole rings is 1. The molecule has 5 amide bonds. The highest BCUT2D eigenvalue weighted by Gasteiger charge is 2.52. The molecule has 3 aromatic rings. The van der Waals surface area contributed by atoms with Crippen LogP contribution < -0.4 is 10.6 Å². The van der Waals surface area contributed by atoms with E-state index >= 15 is 0 Å². The van der Waals surface area contributed by atoms with Crippen molar-refractivity contribution in [3.05, 3.63) is 66.1 Å². The average molecular weight is 876 g/mol. The minimum atomic E-state index is -3.22. The Morgan fingerprint density at radius 1 is 0.919 bits per heavy atom. The summed E-state index contributed by atoms with van der Waals surface area (Å²) in [6.07, 6.45) is 2.10. The van der Waals surface area contributed by atoms with Crippen LogP contribution in [0.15, 0.2) is 54.7 Å². The van der Waals surface area contributed by atoms with Crippen molar-refractivity contribution >= 4 is 45.5 Å². The van der Waals surface area contributed by atoms with Crippen molar-refractivity contribution in [2.24, 2.45) is 17.3 Å². The second-order valence-electron chi connectivity index (χ2n) is 17.4. The topological polar surface area (TPSA) is 228 Å². The zero-order valence-corrected chi connectivity index (χ0v) is 36.9. The van der Waals surface area contributed by atoms with E-state index in [4.69, 9.17) is 4.74 Å². The van der Waals surface area contributed by atoms with E-state index in [1.54, 1.807) is 37.1 Å². The summed E-state index contributed by atoms with van der Waals surface area (Å²) in [6, 6.07) is 11.7. The number of likely N-dealkylation sites (tertiary alicyclic amines) is 2. The molecular formula is C44H57N7O10S. The lowest BCUT2D eigenvalue weighted by Crippen LogP contribution is -2.55. The number of ether oxygens (including phenoxy) is 1. The molecule has 334 valence electrons. The first-order valence-corrected chi connectivity index (χ1v) is 22.8. The predicted octanol–water partition coefficient (Wildman–Crippen LogP) is 4.52. The number of rotatable bonds is 13. The molecule has 1 aromatic heterocycles. The van der Waals surface area contributed by atoms with Gasteiger partial charge in [-0.25, -0.2) is 23.0 Å². The first kappa shape index (κ1) is 45.7. The summed E-state index contributed by atoms with van der Waals surface area (Å²) < 4.78 is 29.3. The van der Waals surface area contributed by atoms with Gasteiger partial charge < -0.3 is 35.3 Å². The molecule has 0 aliphatic carbocycles. The number of hydrogen-bond acceptors (Lipinski definition) is 10. The minimum Gasteiger partial charge on any atom is -0.465 e. The zero-order chi connectivity index (χ0) is 45.1. The number of carbonyl (C=O) groups excluding carboxylic acids is 5. The van der Waals surface area contributed by atoms with Gasteiger partial charge in [-0.3, -0.25) is 24.1 Å². The van der Waals surface area contributed by atoms with Crippen molar-refractivity contribution < 1.29 is 47.0 Å². The number of amides is 5. The Morgan fingerprint density at radius 2 is 1.53 bits per heavy atom. The molecular weight excluding hydrogens is 819 g/mol. The fourth-order valence-corrected chi connectivity index (χ4v) is 10.7. The van der Waals surface area contributed by atoms with Crippen LogP contribution >= 0.6 is 0 Å². The van der Waals surface area contributed by atoms with Crippen molar-refractivity contribution in [3.63, 3.8) is 0 Å². The molecule has 18 heteroatoms. The van der Waals surface area contributed by atoms with Crippen molar-refractivity contribution in [2.75, 3.05) is 45.3 Å². The van der Waals surface area contributed by atoms with Crippen LogP contribution in [0.2, 0.25) is 0 Å². The Kier molecular flexibility index (Phi) is 13.8. The summed E-state index contributed by atoms with van der Waals surface area (Å²) in [4.78, 5) is 90.7. The van der Waals surface area contributed by atoms with Gasteiger partial charge in [-0.2, -0.15) is 0 Å². The summed E-state index contributed by atoms with van der Waals surface area (Å²) >= 11 is 0. The van der Waals surface area contributed by atoms with Gasteiger partial charge in [0.05, 0.1) is 43.1 Å². The van der Waals surface area contributed by atoms with Crippen LogP contribution in [-0.4, -0.2) is 137 Å². The number of aromatic amines is 1. The highest BCUT2D eigenvalue weighted by atomic mass is 32.2. The van der Waals surface area contributed by atoms with E-state index in [0.717, 1.165) is 33.7 Å². The second kappa shape index (κ2) is 18.7. The summed E-state index contributed by atoms with van der Waals surface area (Å²) in [6.45, 7) is 7.53. The smallest absolute Gasteiger partial charge is 0.407 e. The number of nitrogens with zero attached hydrogens (tertiary/aromatic N) is 4. The average Bonchev–Trinajstić information content (AvgIpc) is 4.02. The first-order chi connectivity index (χ1) is 29.3. The van der Waals surface area contributed by atoms with Gasteiger partial charge in [0, 0.05) is 25.7 Å². The van der Waals surface area contributed by atoms with Crippen molar-refractivity contribution in [2.45, 2.75) is 84.0 Å². The van der Waals surface area contributed by atoms with Crippen LogP contribution in [0.5, 0.6) is 0 Å². The van der Waals surface area contributed by atoms with E-state index in [2.05, 4.69) is 20.6 Å². The van der Waals surface area contributed by atoms with Crippen LogP contribution in [0.1, 0.15) is 82.0 Å². The lowest BCUT2D eigenvalue weighted by atomic mass is 9.80. The molecule has 62 heavy (non-hydrogen) atoms. The van der Waals surface area contributed by atoms with E-state index < -0.39 is 57.4 Å². The summed E-state index contributed by atoms with van der Waals surface area (Å²) in [7, 11) is -0.610. The van der Waals surface area contributed by atoms with Gasteiger partial charge in [-0.1, -0.05) is 76.2 Å². The van der Waals surface area contributed by atoms with E-state index in [0.29, 0.717) is 37.2 Å². The number of H-pyrrole nitrogens is 1. The number of sulfone groups is 1. The monoisotopic (exact) mass is 875 g/mol. The van der Waals surface area contributed by atoms with Gasteiger partial charge in [-0.05, 0) is 66.0 Å². The van der Waals surface area contributed by atoms with Gasteiger partial charge in [0.1, 0.15) is 33.8 Å². The quantitative estimate of drug-likeness (QED) is 0.175. The van der Waals surface area contributed by atoms with Crippen LogP contribution in [0, 0.1) is 17.3 Å². The third-order valence-electron chi connectivity index (χ3n) is 12.6. The van der Waals surface area contributed by atoms with Crippen molar-refractivity contribution in [1.82, 2.24) is 35.3 Å². The number of nitrogens with one attached hydrogen (secondary N) is 3. The minimum absolute atomic E-state index is 0.0397. The molecule has 3 aliphatic heterocycles. The Hall–Kier alpha value is -5.78. The molecule has 0 saturated carbocycles. The Morgan fingerprint density at radius 3 is 2.11 bits per heavy atom. The number of benzene rings is 2. The van der Waals surface area contributed by atoms with E-state index in [1.165, 1.54) is 19.1 Å². The Balaban J connectivity index is 1.09. The van der Waals surface area contributed by atoms with E-state index in [9.17, 15) is 42.3 Å². The molecule has 0 radical (unpaired) electrons. The number of Topliss-reactive ketones (excluding diaryl/α,β-unsaturated/α-hetero) is 1. The number of methoxy groups -OCH3 is 1. The van der Waals surface area contributed by atoms with Crippen molar-refractivity contribution in [1.29, 1.82) is 0 Å². The SMILES string of the molecule is COC(=O)N[C@H](C(=O)N1CC2(CCS(=O)(=O)CC2)CC1C(=O)NCC(=O)c1ccc(-c2ccc(-c3cnc([C@@H]4CCCN4C(=O)[C@H](C(C)C)N(C)C(=O)O)[nH]3)cc2)cc1)C(C)C. The molecule has 6 rings (SSSR count). The summed E-state index contributed by atoms with van der Waals surface area (Å²) in [5.41, 5.74) is 3.18. The highest BCUT2D eigenvalue weighted by Crippen LogP contribution is 2.44. The van der Waals surface area contributed by atoms with Crippen LogP contribution in [0.4, 0.5) is 9.59 Å². The first-order valence-electron chi connectivity index (χ1n) is 21.0. The third-order valence-corrected chi connectivity index (χ3v) is 14.2. The molecule has 4 atom stereocenters. The maximum absolute atomic E-state index is 13.9. The molecule has 4 heterocycles. The number of ketones is 1. The molecule has 0 bridgehead atoms. The third kappa shape index (κ3) is 9.95. The number of hydrogen-bond donors (Lipinski definition) is 4. The summed E-state index contributed by atoms with van der Waals surface area (Å²) in [5.74, 6) is -1.58. The molecule has 1 unspecified atom stereocenters. The van der Waals surface area contributed by atoms with E-state index in [-0.39, 0.29) is 60.6 Å². The molecule has 3 fully saturated rings. The van der Waals surface area contributed by atoms with Gasteiger partial charge in [0.25, 0.3) is 0 Å². The number of likely N-dealkylation sites (N-methyl/N-ethyl adjacent to an activating group) is 1. The van der Waals surface area contributed by atoms with Crippen LogP contribution in [0.3, 0.4) is 0 Å². The predicted molar refractivity (Wildman–Crippen MR) is 230 cm³/mol. The van der Waals surface area contributed by atoms with Gasteiger partial charge >= 0.3 is 12.2 Å². The van der Waals surface area contributed by atoms with Gasteiger partial charge in [-0.15, -0.1) is 0 Å². The standard InChI is InChI=1S/C44H57N7O10S/c1-26(2)36(48-42(56)61-6)40(54)51-25-44(17-20-62(59,60)21-18-44)22-34(51)39(53)46-24-35(52)31-15-11-29(12-16-31)28-9-13-30(14-10-28)32-23-45-38(47-32)33-8-7-19-50(33)41(55)37(27(3)4)49(5)43(57)58/h9-16,23,26-27,33-34,36-37H,7-8,17-22,24-25H2,1-6H3,(H,45,47)(H,46,53)(H,48,56)(H,57,58)/t33-,34?,36-,37-/m0/s1. The van der Waals surface area contributed by atoms with Crippen LogP contribution in [0.25, 0.3) is 22.4 Å². The maximum atomic E-state index is 13.9. The number of carboxylic acid groups (broad SMARTS) is 1. The number of aromatic nitrogens is 2. The van der Waals surface area contributed by atoms with E-state index in [1.807, 2.05) is 50.2 Å². The molecule has 3 aliphatic rings. The fourth-order valence-electron chi connectivity index (χ4n) is 8.97. The lowest BCUT2D eigenvalue weighted by molar-refractivity contribution is -0.140. The highest BCUT2D eigenvalue weighted by molar-refractivity contribution is 7.91. The zero-order valence-electron chi connectivity index (χ0n) is 36.0.